The molecule has 0 saturated carbocycles. The number of benzene rings is 2. The Labute approximate surface area is 214 Å². The summed E-state index contributed by atoms with van der Waals surface area (Å²) in [7, 11) is 0. The molecule has 0 radical (unpaired) electrons. The number of hydrogen-bond acceptors (Lipinski definition) is 5. The number of piperidine rings is 1. The Morgan fingerprint density at radius 3 is 2.68 bits per heavy atom. The van der Waals surface area contributed by atoms with Crippen LogP contribution in [0, 0.1) is 12.8 Å². The second-order valence-electron chi connectivity index (χ2n) is 8.65. The summed E-state index contributed by atoms with van der Waals surface area (Å²) in [6.07, 6.45) is -2.17. The first-order valence-corrected chi connectivity index (χ1v) is 12.4. The highest BCUT2D eigenvalue weighted by atomic mass is 32.1. The van der Waals surface area contributed by atoms with Gasteiger partial charge in [-0.3, -0.25) is 9.59 Å². The second-order valence-corrected chi connectivity index (χ2v) is 9.85. The summed E-state index contributed by atoms with van der Waals surface area (Å²) in [5, 5.41) is 3.64. The van der Waals surface area contributed by atoms with E-state index < -0.39 is 23.9 Å². The summed E-state index contributed by atoms with van der Waals surface area (Å²) in [6, 6.07) is 15.6. The third kappa shape index (κ3) is 4.89. The molecule has 0 unspecified atom stereocenters. The average molecular weight is 526 g/mol. The van der Waals surface area contributed by atoms with Crippen molar-refractivity contribution in [3.63, 3.8) is 0 Å². The highest BCUT2D eigenvalue weighted by Crippen LogP contribution is 2.41. The number of hydrogen-bond donors (Lipinski definition) is 1. The van der Waals surface area contributed by atoms with Crippen LogP contribution in [0.4, 0.5) is 13.2 Å². The molecule has 6 nitrogen and oxygen atoms in total. The molecule has 10 heteroatoms. The molecule has 0 aliphatic carbocycles. The van der Waals surface area contributed by atoms with Crippen LogP contribution in [0.5, 0.6) is 0 Å². The molecule has 1 N–H and O–H groups in total. The van der Waals surface area contributed by atoms with Crippen LogP contribution in [-0.2, 0) is 0 Å². The minimum Gasteiger partial charge on any atom is -0.464 e. The number of halogens is 3. The van der Waals surface area contributed by atoms with Crippen molar-refractivity contribution >= 4 is 34.1 Å². The topological polar surface area (TPSA) is 75.4 Å². The van der Waals surface area contributed by atoms with Crippen molar-refractivity contribution in [3.8, 4) is 10.4 Å². The molecule has 2 aromatic heterocycles. The van der Waals surface area contributed by atoms with Crippen LogP contribution >= 0.6 is 11.3 Å². The molecule has 4 aromatic rings. The summed E-state index contributed by atoms with van der Waals surface area (Å²) in [5.41, 5.74) is 1.28. The Morgan fingerprint density at radius 2 is 1.92 bits per heavy atom. The van der Waals surface area contributed by atoms with Crippen molar-refractivity contribution in [2.24, 2.45) is 5.92 Å². The average Bonchev–Trinajstić information content (AvgIpc) is 3.53. The predicted octanol–water partition coefficient (Wildman–Crippen LogP) is 6.55. The number of alkyl halides is 3. The minimum atomic E-state index is -4.60. The van der Waals surface area contributed by atoms with E-state index in [1.807, 2.05) is 30.3 Å². The summed E-state index contributed by atoms with van der Waals surface area (Å²) < 4.78 is 47.5. The maximum absolute atomic E-state index is 14.1. The number of allylic oxidation sites excluding steroid dienone is 1. The molecule has 5 rings (SSSR count). The van der Waals surface area contributed by atoms with Gasteiger partial charge in [-0.2, -0.15) is 13.2 Å². The van der Waals surface area contributed by atoms with Crippen LogP contribution in [-0.4, -0.2) is 34.4 Å². The van der Waals surface area contributed by atoms with Crippen LogP contribution < -0.4 is 5.32 Å². The quantitative estimate of drug-likeness (QED) is 0.328. The van der Waals surface area contributed by atoms with Gasteiger partial charge in [0.15, 0.2) is 0 Å². The number of furan rings is 1. The Hall–Kier alpha value is -3.92. The van der Waals surface area contributed by atoms with Gasteiger partial charge >= 0.3 is 6.18 Å². The van der Waals surface area contributed by atoms with E-state index in [0.29, 0.717) is 20.9 Å². The normalized spacial score (nSPS) is 17.4. The lowest BCUT2D eigenvalue weighted by molar-refractivity contribution is -0.173. The lowest BCUT2D eigenvalue weighted by Crippen LogP contribution is -2.44. The van der Waals surface area contributed by atoms with Gasteiger partial charge in [-0.25, -0.2) is 4.98 Å². The Balaban J connectivity index is 1.51. The zero-order valence-electron chi connectivity index (χ0n) is 19.7. The number of fused-ring (bicyclic) bond motifs is 1. The lowest BCUT2D eigenvalue weighted by Gasteiger charge is -2.36. The third-order valence-electron chi connectivity index (χ3n) is 6.25. The van der Waals surface area contributed by atoms with Crippen molar-refractivity contribution in [2.45, 2.75) is 25.9 Å². The maximum atomic E-state index is 14.1. The van der Waals surface area contributed by atoms with Crippen molar-refractivity contribution in [1.29, 1.82) is 0 Å². The van der Waals surface area contributed by atoms with Crippen LogP contribution in [0.15, 0.2) is 77.2 Å². The number of likely N-dealkylation sites (tertiary alicyclic amines) is 1. The minimum absolute atomic E-state index is 0.0786. The molecule has 1 fully saturated rings. The molecule has 1 aliphatic rings. The maximum Gasteiger partial charge on any atom is 0.397 e. The predicted molar refractivity (Wildman–Crippen MR) is 134 cm³/mol. The molecule has 1 aliphatic heterocycles. The van der Waals surface area contributed by atoms with Gasteiger partial charge < -0.3 is 14.6 Å². The molecule has 2 amide bonds. The molecule has 3 heterocycles. The van der Waals surface area contributed by atoms with E-state index in [1.54, 1.807) is 31.2 Å². The summed E-state index contributed by atoms with van der Waals surface area (Å²) >= 11 is 1.31. The van der Waals surface area contributed by atoms with Crippen LogP contribution in [0.25, 0.3) is 21.4 Å². The van der Waals surface area contributed by atoms with E-state index in [9.17, 15) is 22.8 Å². The Bertz CT molecular complexity index is 1490. The molecule has 2 aromatic carbocycles. The molecular weight excluding hydrogens is 503 g/mol. The highest BCUT2D eigenvalue weighted by molar-refractivity contribution is 7.15. The van der Waals surface area contributed by atoms with Crippen LogP contribution in [0.3, 0.4) is 0 Å². The highest BCUT2D eigenvalue weighted by Gasteiger charge is 2.47. The fourth-order valence-corrected chi connectivity index (χ4v) is 5.46. The van der Waals surface area contributed by atoms with Crippen LogP contribution in [0.2, 0.25) is 0 Å². The summed E-state index contributed by atoms with van der Waals surface area (Å²) in [5.74, 6) is -3.14. The van der Waals surface area contributed by atoms with E-state index in [4.69, 9.17) is 4.42 Å². The first-order chi connectivity index (χ1) is 17.7. The molecule has 1 saturated heterocycles. The lowest BCUT2D eigenvalue weighted by atomic mass is 9.93. The number of nitrogens with one attached hydrogen (secondary N) is 1. The van der Waals surface area contributed by atoms with E-state index in [1.165, 1.54) is 17.6 Å². The first kappa shape index (κ1) is 24.8. The molecular formula is C27H22F3N3O3S. The number of aromatic nitrogens is 1. The fraction of sp³-hybridized carbons (Fsp3) is 0.222. The molecule has 190 valence electrons. The van der Waals surface area contributed by atoms with Crippen molar-refractivity contribution in [1.82, 2.24) is 15.2 Å². The Morgan fingerprint density at radius 1 is 1.14 bits per heavy atom. The monoisotopic (exact) mass is 525 g/mol. The van der Waals surface area contributed by atoms with Gasteiger partial charge in [0.1, 0.15) is 11.3 Å². The van der Waals surface area contributed by atoms with Crippen LogP contribution in [0.1, 0.15) is 38.7 Å². The van der Waals surface area contributed by atoms with Gasteiger partial charge in [-0.15, -0.1) is 11.3 Å². The molecule has 0 bridgehead atoms. The zero-order chi connectivity index (χ0) is 26.2. The van der Waals surface area contributed by atoms with E-state index >= 15 is 0 Å². The van der Waals surface area contributed by atoms with Crippen molar-refractivity contribution in [3.05, 3.63) is 89.0 Å². The number of thiazole rings is 1. The van der Waals surface area contributed by atoms with Crippen molar-refractivity contribution in [2.75, 3.05) is 6.54 Å². The number of carbonyl (C=O) groups excluding carboxylic acids is 2. The molecule has 1 atom stereocenters. The summed E-state index contributed by atoms with van der Waals surface area (Å²) in [4.78, 5) is 32.7. The standard InChI is InChI=1S/C27H22F3N3O3S/c1-16-32-23(24(37-16)17-7-3-2-4-8-17)26(35)33-13-6-10-20(27(28,29)30)21(33)15-31-25(34)19-9-5-11-22-18(19)12-14-36-22/h2-5,7-9,11-12,14-15,20H,6,10,13H2,1H3,(H,31,34)/b21-15+/t20-/m1/s1. The molecule has 0 spiro atoms. The third-order valence-corrected chi connectivity index (χ3v) is 7.27. The largest absolute Gasteiger partial charge is 0.464 e. The van der Waals surface area contributed by atoms with Gasteiger partial charge in [-0.1, -0.05) is 36.4 Å². The number of carbonyl (C=O) groups is 2. The van der Waals surface area contributed by atoms with Gasteiger partial charge in [0.25, 0.3) is 11.8 Å². The first-order valence-electron chi connectivity index (χ1n) is 11.6. The second kappa shape index (κ2) is 9.85. The number of nitrogens with zero attached hydrogens (tertiary/aromatic N) is 2. The van der Waals surface area contributed by atoms with E-state index in [0.717, 1.165) is 16.7 Å². The number of aryl methyl sites for hydroxylation is 1. The van der Waals surface area contributed by atoms with Gasteiger partial charge in [0.05, 0.1) is 27.6 Å². The van der Waals surface area contributed by atoms with E-state index in [2.05, 4.69) is 10.3 Å². The Kier molecular flexibility index (Phi) is 6.59. The zero-order valence-corrected chi connectivity index (χ0v) is 20.5. The van der Waals surface area contributed by atoms with Crippen molar-refractivity contribution < 1.29 is 27.2 Å². The number of amides is 2. The fourth-order valence-electron chi connectivity index (χ4n) is 4.54. The smallest absolute Gasteiger partial charge is 0.397 e. The van der Waals surface area contributed by atoms with E-state index in [-0.39, 0.29) is 36.3 Å². The van der Waals surface area contributed by atoms with Gasteiger partial charge in [0, 0.05) is 23.8 Å². The molecule has 37 heavy (non-hydrogen) atoms. The summed E-state index contributed by atoms with van der Waals surface area (Å²) in [6.45, 7) is 1.82. The van der Waals surface area contributed by atoms with Gasteiger partial charge in [-0.05, 0) is 43.5 Å². The number of rotatable bonds is 4. The SMILES string of the molecule is Cc1nc(C(=O)N2CCC[C@@H](C(F)(F)F)/C2=C\NC(=O)c2cccc3occc23)c(-c2ccccc2)s1. The van der Waals surface area contributed by atoms with Gasteiger partial charge in [0.2, 0.25) is 0 Å².